The van der Waals surface area contributed by atoms with E-state index in [1.54, 1.807) is 19.1 Å². The molecule has 16 heteroatoms. The molecule has 1 saturated heterocycles. The first-order chi connectivity index (χ1) is 19.6. The molecule has 0 bridgehead atoms. The van der Waals surface area contributed by atoms with Crippen LogP contribution in [0.25, 0.3) is 0 Å². The number of hydrogen-bond acceptors (Lipinski definition) is 9. The van der Waals surface area contributed by atoms with Gasteiger partial charge >= 0.3 is 11.7 Å². The lowest BCUT2D eigenvalue weighted by atomic mass is 10.1. The fourth-order valence-corrected chi connectivity index (χ4v) is 5.23. The number of halogens is 4. The molecule has 234 valence electrons. The van der Waals surface area contributed by atoms with E-state index >= 15 is 4.39 Å². The molecule has 1 aromatic heterocycles. The number of rotatable bonds is 11. The lowest BCUT2D eigenvalue weighted by molar-refractivity contribution is -0.156. The Kier molecular flexibility index (Phi) is 12.4. The second-order valence-electron chi connectivity index (χ2n) is 9.56. The summed E-state index contributed by atoms with van der Waals surface area (Å²) in [6, 6.07) is 1.85. The van der Waals surface area contributed by atoms with Gasteiger partial charge in [0, 0.05) is 25.7 Å². The van der Waals surface area contributed by atoms with Gasteiger partial charge in [-0.05, 0) is 57.2 Å². The number of H-pyrrole nitrogens is 1. The van der Waals surface area contributed by atoms with Crippen molar-refractivity contribution in [1.82, 2.24) is 14.9 Å². The zero-order valence-corrected chi connectivity index (χ0v) is 27.4. The number of nitrogens with two attached hydrogens (primary N) is 1. The van der Waals surface area contributed by atoms with Gasteiger partial charge in [0.2, 0.25) is 0 Å². The normalized spacial score (nSPS) is 21.9. The number of aromatic amines is 1. The van der Waals surface area contributed by atoms with Crippen molar-refractivity contribution >= 4 is 56.1 Å². The predicted molar refractivity (Wildman–Crippen MR) is 161 cm³/mol. The number of carbonyl (C=O) groups is 2. The van der Waals surface area contributed by atoms with Gasteiger partial charge in [0.05, 0.1) is 16.1 Å². The van der Waals surface area contributed by atoms with E-state index in [1.165, 1.54) is 34.1 Å². The van der Waals surface area contributed by atoms with Crippen LogP contribution in [0.1, 0.15) is 40.9 Å². The van der Waals surface area contributed by atoms with Crippen LogP contribution < -0.4 is 31.8 Å². The van der Waals surface area contributed by atoms with Crippen molar-refractivity contribution in [2.75, 3.05) is 13.7 Å². The molecule has 0 aliphatic carbocycles. The molecular formula is C26H34Br2ClFN4O8. The number of hydrogen-bond donors (Lipinski definition) is 3. The number of aryl methyl sites for hydroxylation is 1. The first kappa shape index (κ1) is 34.0. The quantitative estimate of drug-likeness (QED) is 0.294. The van der Waals surface area contributed by atoms with Crippen molar-refractivity contribution in [2.24, 2.45) is 11.6 Å². The summed E-state index contributed by atoms with van der Waals surface area (Å²) < 4.78 is 48.1. The van der Waals surface area contributed by atoms with E-state index in [0.29, 0.717) is 20.4 Å². The number of benzene rings is 1. The Balaban J connectivity index is 0.00000645. The molecule has 1 aliphatic rings. The molecule has 4 N–H and O–H groups in total. The van der Waals surface area contributed by atoms with Crippen LogP contribution in [0.5, 0.6) is 11.5 Å². The fraction of sp³-hybridized carbons (Fsp3) is 0.538. The minimum Gasteiger partial charge on any atom is -0.495 e. The van der Waals surface area contributed by atoms with Crippen LogP contribution in [0.4, 0.5) is 4.39 Å². The van der Waals surface area contributed by atoms with Crippen molar-refractivity contribution in [1.29, 1.82) is 0 Å². The van der Waals surface area contributed by atoms with E-state index < -0.39 is 65.8 Å². The van der Waals surface area contributed by atoms with Gasteiger partial charge < -0.3 is 30.0 Å². The van der Waals surface area contributed by atoms with Gasteiger partial charge in [-0.1, -0.05) is 20.8 Å². The molecule has 2 aromatic rings. The number of nitrogens with one attached hydrogen (secondary N) is 2. The molecule has 1 aliphatic heterocycles. The SMILES string of the molecule is Cl.[2H]C(C)(C)[C@H](N)C(=O)O[C@H]1[C@H](F)C(n2cc(CC)c(=O)[nH]c2=O)O[C@@H]1CNC(=O)[C@H](C)Oc1cc(OC)c(Br)cc1Br. The standard InChI is InChI=1S/C26H33Br2FN4O8.ClH/c1-6-13-10-33(26(37)32-23(13)35)24-19(29)21(41-25(36)20(30)11(2)3)18(40-24)9-31-22(34)12(4)39-17-8-16(38-5)14(27)7-15(17)28;/h7-8,10-12,18-21,24H,6,9,30H2,1-5H3,(H,31,34)(H,32,35,37);1H/t12-,18+,19-,20-,21+,24?;/m0./s1/i11D;. The van der Waals surface area contributed by atoms with E-state index in [0.717, 1.165) is 4.57 Å². The average molecular weight is 746 g/mol. The molecule has 2 heterocycles. The van der Waals surface area contributed by atoms with Crippen molar-refractivity contribution in [3.63, 3.8) is 0 Å². The molecule has 1 aromatic carbocycles. The van der Waals surface area contributed by atoms with Gasteiger partial charge in [0.25, 0.3) is 11.5 Å². The molecule has 1 fully saturated rings. The summed E-state index contributed by atoms with van der Waals surface area (Å²) in [5.74, 6) is -2.30. The summed E-state index contributed by atoms with van der Waals surface area (Å²) in [5, 5.41) is 2.59. The number of ether oxygens (including phenoxy) is 4. The summed E-state index contributed by atoms with van der Waals surface area (Å²) >= 11 is 6.72. The first-order valence-electron chi connectivity index (χ1n) is 13.2. The number of carbonyl (C=O) groups excluding carboxylic acids is 2. The highest BCUT2D eigenvalue weighted by Gasteiger charge is 2.49. The van der Waals surface area contributed by atoms with Crippen LogP contribution in [-0.2, 0) is 25.5 Å². The zero-order chi connectivity index (χ0) is 31.5. The molecule has 12 nitrogen and oxygen atoms in total. The van der Waals surface area contributed by atoms with E-state index in [2.05, 4.69) is 42.2 Å². The fourth-order valence-electron chi connectivity index (χ4n) is 3.98. The number of esters is 1. The summed E-state index contributed by atoms with van der Waals surface area (Å²) in [5.41, 5.74) is 4.50. The number of methoxy groups -OCH3 is 1. The smallest absolute Gasteiger partial charge is 0.330 e. The Morgan fingerprint density at radius 3 is 2.48 bits per heavy atom. The van der Waals surface area contributed by atoms with Crippen molar-refractivity contribution in [3.8, 4) is 11.5 Å². The maximum Gasteiger partial charge on any atom is 0.330 e. The van der Waals surface area contributed by atoms with Crippen molar-refractivity contribution in [2.45, 2.75) is 70.9 Å². The topological polar surface area (TPSA) is 164 Å². The van der Waals surface area contributed by atoms with Crippen molar-refractivity contribution in [3.05, 3.63) is 53.7 Å². The molecule has 0 saturated carbocycles. The molecule has 3 rings (SSSR count). The Labute approximate surface area is 265 Å². The highest BCUT2D eigenvalue weighted by atomic mass is 79.9. The maximum absolute atomic E-state index is 15.8. The van der Waals surface area contributed by atoms with Gasteiger partial charge in [-0.3, -0.25) is 23.9 Å². The van der Waals surface area contributed by atoms with E-state index in [-0.39, 0.29) is 30.9 Å². The van der Waals surface area contributed by atoms with Crippen LogP contribution in [0.15, 0.2) is 36.9 Å². The molecule has 1 unspecified atom stereocenters. The molecule has 6 atom stereocenters. The predicted octanol–water partition coefficient (Wildman–Crippen LogP) is 2.77. The van der Waals surface area contributed by atoms with Gasteiger partial charge in [-0.2, -0.15) is 0 Å². The molecular weight excluding hydrogens is 711 g/mol. The average Bonchev–Trinajstić information content (AvgIpc) is 3.22. The Bertz CT molecular complexity index is 1440. The third kappa shape index (κ3) is 8.13. The Morgan fingerprint density at radius 2 is 1.88 bits per heavy atom. The van der Waals surface area contributed by atoms with Crippen LogP contribution >= 0.6 is 44.3 Å². The minimum atomic E-state index is -2.09. The number of aromatic nitrogens is 2. The third-order valence-corrected chi connectivity index (χ3v) is 7.69. The lowest BCUT2D eigenvalue weighted by Crippen LogP contribution is -2.47. The zero-order valence-electron chi connectivity index (χ0n) is 24.4. The number of amides is 1. The number of alkyl halides is 1. The van der Waals surface area contributed by atoms with E-state index in [9.17, 15) is 19.2 Å². The lowest BCUT2D eigenvalue weighted by Gasteiger charge is -2.23. The van der Waals surface area contributed by atoms with Gasteiger partial charge in [-0.15, -0.1) is 12.4 Å². The summed E-state index contributed by atoms with van der Waals surface area (Å²) in [4.78, 5) is 52.3. The summed E-state index contributed by atoms with van der Waals surface area (Å²) in [6.07, 6.45) is -6.17. The maximum atomic E-state index is 15.8. The van der Waals surface area contributed by atoms with E-state index in [1.807, 2.05) is 0 Å². The monoisotopic (exact) mass is 743 g/mol. The molecule has 42 heavy (non-hydrogen) atoms. The minimum absolute atomic E-state index is 0. The Morgan fingerprint density at radius 1 is 1.24 bits per heavy atom. The Hall–Kier alpha value is -2.46. The van der Waals surface area contributed by atoms with Crippen LogP contribution in [0.2, 0.25) is 0 Å². The highest BCUT2D eigenvalue weighted by Crippen LogP contribution is 2.37. The highest BCUT2D eigenvalue weighted by molar-refractivity contribution is 9.11. The van der Waals surface area contributed by atoms with Gasteiger partial charge in [0.15, 0.2) is 24.6 Å². The second-order valence-corrected chi connectivity index (χ2v) is 11.3. The van der Waals surface area contributed by atoms with Crippen molar-refractivity contribution < 1.29 is 34.3 Å². The van der Waals surface area contributed by atoms with E-state index in [4.69, 9.17) is 26.1 Å². The summed E-state index contributed by atoms with van der Waals surface area (Å²) in [6.45, 7) is 5.62. The molecule has 1 amide bonds. The third-order valence-electron chi connectivity index (χ3n) is 6.45. The summed E-state index contributed by atoms with van der Waals surface area (Å²) in [7, 11) is 1.48. The largest absolute Gasteiger partial charge is 0.495 e. The second kappa shape index (κ2) is 15.3. The van der Waals surface area contributed by atoms with Crippen LogP contribution in [-0.4, -0.2) is 65.6 Å². The van der Waals surface area contributed by atoms with Gasteiger partial charge in [-0.25, -0.2) is 9.18 Å². The molecule has 0 spiro atoms. The molecule has 0 radical (unpaired) electrons. The first-order valence-corrected chi connectivity index (χ1v) is 14.2. The van der Waals surface area contributed by atoms with Gasteiger partial charge in [0.1, 0.15) is 23.6 Å². The van der Waals surface area contributed by atoms with Crippen LogP contribution in [0, 0.1) is 5.89 Å². The van der Waals surface area contributed by atoms with Crippen LogP contribution in [0.3, 0.4) is 0 Å². The number of nitrogens with zero attached hydrogens (tertiary/aromatic N) is 1.